The lowest BCUT2D eigenvalue weighted by Gasteiger charge is -2.35. The van der Waals surface area contributed by atoms with E-state index in [4.69, 9.17) is 9.47 Å². The van der Waals surface area contributed by atoms with Crippen LogP contribution in [0.1, 0.15) is 29.8 Å². The van der Waals surface area contributed by atoms with Crippen molar-refractivity contribution in [2.45, 2.75) is 39.1 Å². The number of rotatable bonds is 6. The maximum atomic E-state index is 12.5. The van der Waals surface area contributed by atoms with E-state index in [1.54, 1.807) is 23.7 Å². The van der Waals surface area contributed by atoms with Crippen molar-refractivity contribution in [1.82, 2.24) is 23.6 Å². The minimum absolute atomic E-state index is 0.0710. The number of aromatic nitrogens is 4. The molecule has 3 heterocycles. The zero-order chi connectivity index (χ0) is 23.7. The minimum atomic E-state index is -0.440. The summed E-state index contributed by atoms with van der Waals surface area (Å²) in [5.74, 6) is -0.431. The molecule has 10 heteroatoms. The fraction of sp³-hybridized carbons (Fsp3) is 0.478. The first-order valence-corrected chi connectivity index (χ1v) is 11.0. The van der Waals surface area contributed by atoms with Gasteiger partial charge in [-0.05, 0) is 31.5 Å². The van der Waals surface area contributed by atoms with Gasteiger partial charge in [-0.3, -0.25) is 18.8 Å². The molecule has 1 aliphatic rings. The molecule has 33 heavy (non-hydrogen) atoms. The second-order valence-corrected chi connectivity index (χ2v) is 8.60. The molecule has 2 atom stereocenters. The topological polar surface area (TPSA) is 101 Å². The van der Waals surface area contributed by atoms with E-state index in [1.807, 2.05) is 12.1 Å². The Morgan fingerprint density at radius 2 is 1.76 bits per heavy atom. The van der Waals surface area contributed by atoms with Crippen LogP contribution in [0, 0.1) is 0 Å². The lowest BCUT2D eigenvalue weighted by atomic mass is 10.1. The number of fused-ring (bicyclic) bond motifs is 1. The molecule has 1 aliphatic heterocycles. The average Bonchev–Trinajstić information content (AvgIpc) is 3.20. The number of imidazole rings is 1. The Kier molecular flexibility index (Phi) is 6.48. The van der Waals surface area contributed by atoms with E-state index in [-0.39, 0.29) is 25.4 Å². The van der Waals surface area contributed by atoms with Gasteiger partial charge >= 0.3 is 11.7 Å². The minimum Gasteiger partial charge on any atom is -0.460 e. The fourth-order valence-corrected chi connectivity index (χ4v) is 4.30. The largest absolute Gasteiger partial charge is 0.460 e. The monoisotopic (exact) mass is 455 g/mol. The van der Waals surface area contributed by atoms with Crippen LogP contribution in [0.2, 0.25) is 0 Å². The second kappa shape index (κ2) is 9.32. The van der Waals surface area contributed by atoms with E-state index in [0.29, 0.717) is 16.7 Å². The van der Waals surface area contributed by atoms with Gasteiger partial charge in [0, 0.05) is 33.7 Å². The number of carbonyl (C=O) groups is 1. The van der Waals surface area contributed by atoms with E-state index < -0.39 is 17.2 Å². The molecule has 3 aromatic rings. The smallest absolute Gasteiger partial charge is 0.338 e. The molecule has 2 unspecified atom stereocenters. The summed E-state index contributed by atoms with van der Waals surface area (Å²) in [6.45, 7) is 7.05. The van der Waals surface area contributed by atoms with Crippen molar-refractivity contribution in [3.05, 3.63) is 62.6 Å². The van der Waals surface area contributed by atoms with Crippen LogP contribution in [0.5, 0.6) is 0 Å². The molecule has 2 aromatic heterocycles. The molecule has 0 amide bonds. The molecule has 0 N–H and O–H groups in total. The van der Waals surface area contributed by atoms with Crippen molar-refractivity contribution in [3.8, 4) is 0 Å². The molecule has 10 nitrogen and oxygen atoms in total. The van der Waals surface area contributed by atoms with Crippen molar-refractivity contribution in [2.24, 2.45) is 14.1 Å². The molecule has 0 aliphatic carbocycles. The summed E-state index contributed by atoms with van der Waals surface area (Å²) < 4.78 is 15.1. The van der Waals surface area contributed by atoms with Crippen molar-refractivity contribution >= 4 is 17.1 Å². The number of nitrogens with zero attached hydrogens (tertiary/aromatic N) is 5. The summed E-state index contributed by atoms with van der Waals surface area (Å²) in [6.07, 6.45) is 1.89. The van der Waals surface area contributed by atoms with Gasteiger partial charge in [0.15, 0.2) is 11.2 Å². The second-order valence-electron chi connectivity index (χ2n) is 8.60. The molecule has 0 spiro atoms. The van der Waals surface area contributed by atoms with Crippen molar-refractivity contribution in [2.75, 3.05) is 19.7 Å². The third kappa shape index (κ3) is 4.76. The molecular formula is C23H29N5O5. The summed E-state index contributed by atoms with van der Waals surface area (Å²) in [5.41, 5.74) is 1.32. The predicted octanol–water partition coefficient (Wildman–Crippen LogP) is 0.900. The van der Waals surface area contributed by atoms with Crippen molar-refractivity contribution in [3.63, 3.8) is 0 Å². The molecule has 1 saturated heterocycles. The summed E-state index contributed by atoms with van der Waals surface area (Å²) >= 11 is 0. The van der Waals surface area contributed by atoms with E-state index in [0.717, 1.165) is 29.8 Å². The van der Waals surface area contributed by atoms with Crippen LogP contribution >= 0.6 is 0 Å². The number of benzene rings is 1. The fourth-order valence-electron chi connectivity index (χ4n) is 4.30. The standard InChI is InChI=1S/C23H29N5O5/c1-15-11-27(12-16(2)33-15)13-17-5-7-18(8-6-17)22(30)32-10-9-28-14-24-20-19(28)21(29)26(4)23(31)25(20)3/h5-8,14-16H,9-13H2,1-4H3. The Labute approximate surface area is 191 Å². The predicted molar refractivity (Wildman–Crippen MR) is 122 cm³/mol. The molecule has 4 rings (SSSR count). The van der Waals surface area contributed by atoms with Crippen LogP contribution in [0.3, 0.4) is 0 Å². The van der Waals surface area contributed by atoms with Gasteiger partial charge in [0.25, 0.3) is 5.56 Å². The van der Waals surface area contributed by atoms with Gasteiger partial charge in [0.2, 0.25) is 0 Å². The first-order valence-electron chi connectivity index (χ1n) is 11.0. The van der Waals surface area contributed by atoms with E-state index in [9.17, 15) is 14.4 Å². The van der Waals surface area contributed by atoms with E-state index in [1.165, 1.54) is 17.9 Å². The third-order valence-electron chi connectivity index (χ3n) is 5.87. The Morgan fingerprint density at radius 1 is 1.09 bits per heavy atom. The van der Waals surface area contributed by atoms with Gasteiger partial charge in [-0.15, -0.1) is 0 Å². The molecular weight excluding hydrogens is 426 g/mol. The highest BCUT2D eigenvalue weighted by atomic mass is 16.5. The highest BCUT2D eigenvalue weighted by Gasteiger charge is 2.22. The normalized spacial score (nSPS) is 19.2. The highest BCUT2D eigenvalue weighted by molar-refractivity contribution is 5.89. The number of ether oxygens (including phenoxy) is 2. The highest BCUT2D eigenvalue weighted by Crippen LogP contribution is 2.15. The number of hydrogen-bond acceptors (Lipinski definition) is 7. The number of morpholine rings is 1. The number of aryl methyl sites for hydroxylation is 1. The lowest BCUT2D eigenvalue weighted by molar-refractivity contribution is -0.0704. The van der Waals surface area contributed by atoms with Crippen LogP contribution in [0.4, 0.5) is 0 Å². The van der Waals surface area contributed by atoms with Gasteiger partial charge < -0.3 is 14.0 Å². The molecule has 0 radical (unpaired) electrons. The zero-order valence-corrected chi connectivity index (χ0v) is 19.4. The summed E-state index contributed by atoms with van der Waals surface area (Å²) in [6, 6.07) is 7.41. The average molecular weight is 456 g/mol. The Morgan fingerprint density at radius 3 is 2.42 bits per heavy atom. The van der Waals surface area contributed by atoms with E-state index in [2.05, 4.69) is 23.7 Å². The Hall–Kier alpha value is -3.24. The first-order chi connectivity index (χ1) is 15.7. The molecule has 0 saturated carbocycles. The molecule has 0 bridgehead atoms. The summed E-state index contributed by atoms with van der Waals surface area (Å²) in [4.78, 5) is 43.5. The van der Waals surface area contributed by atoms with Gasteiger partial charge in [0.1, 0.15) is 6.61 Å². The molecule has 1 aromatic carbocycles. The first kappa shape index (κ1) is 22.9. The third-order valence-corrected chi connectivity index (χ3v) is 5.87. The van der Waals surface area contributed by atoms with Gasteiger partial charge in [0.05, 0.1) is 30.6 Å². The van der Waals surface area contributed by atoms with Gasteiger partial charge in [-0.1, -0.05) is 12.1 Å². The van der Waals surface area contributed by atoms with Crippen LogP contribution in [0.15, 0.2) is 40.2 Å². The van der Waals surface area contributed by atoms with Gasteiger partial charge in [-0.25, -0.2) is 14.6 Å². The maximum Gasteiger partial charge on any atom is 0.338 e. The maximum absolute atomic E-state index is 12.5. The Bertz CT molecular complexity index is 1260. The summed E-state index contributed by atoms with van der Waals surface area (Å²) in [5, 5.41) is 0. The van der Waals surface area contributed by atoms with Crippen LogP contribution in [-0.2, 0) is 36.7 Å². The number of esters is 1. The molecule has 176 valence electrons. The quantitative estimate of drug-likeness (QED) is 0.509. The van der Waals surface area contributed by atoms with Crippen LogP contribution < -0.4 is 11.2 Å². The number of carbonyl (C=O) groups excluding carboxylic acids is 1. The molecule has 1 fully saturated rings. The van der Waals surface area contributed by atoms with Crippen molar-refractivity contribution < 1.29 is 14.3 Å². The van der Waals surface area contributed by atoms with Crippen LogP contribution in [0.25, 0.3) is 11.2 Å². The van der Waals surface area contributed by atoms with E-state index >= 15 is 0 Å². The summed E-state index contributed by atoms with van der Waals surface area (Å²) in [7, 11) is 2.98. The lowest BCUT2D eigenvalue weighted by Crippen LogP contribution is -2.44. The number of hydrogen-bond donors (Lipinski definition) is 0. The zero-order valence-electron chi connectivity index (χ0n) is 19.4. The van der Waals surface area contributed by atoms with Gasteiger partial charge in [-0.2, -0.15) is 0 Å². The Balaban J connectivity index is 1.36. The van der Waals surface area contributed by atoms with Crippen LogP contribution in [-0.4, -0.2) is 61.5 Å². The SMILES string of the molecule is CC1CN(Cc2ccc(C(=O)OCCn3cnc4c3c(=O)n(C)c(=O)n4C)cc2)CC(C)O1. The van der Waals surface area contributed by atoms with Crippen molar-refractivity contribution in [1.29, 1.82) is 0 Å².